The van der Waals surface area contributed by atoms with Gasteiger partial charge in [0.05, 0.1) is 11.9 Å². The van der Waals surface area contributed by atoms with Crippen molar-refractivity contribution in [3.05, 3.63) is 78.6 Å². The lowest BCUT2D eigenvalue weighted by Crippen LogP contribution is -1.84. The van der Waals surface area contributed by atoms with Crippen LogP contribution in [0.5, 0.6) is 5.75 Å². The summed E-state index contributed by atoms with van der Waals surface area (Å²) in [6.45, 7) is 0. The van der Waals surface area contributed by atoms with E-state index in [1.807, 2.05) is 60.7 Å². The second-order valence-electron chi connectivity index (χ2n) is 4.58. The fourth-order valence-electron chi connectivity index (χ4n) is 2.03. The van der Waals surface area contributed by atoms with Gasteiger partial charge in [-0.15, -0.1) is 0 Å². The van der Waals surface area contributed by atoms with Crippen molar-refractivity contribution in [2.45, 2.75) is 0 Å². The van der Waals surface area contributed by atoms with Crippen LogP contribution in [0, 0.1) is 0 Å². The second-order valence-corrected chi connectivity index (χ2v) is 4.58. The van der Waals surface area contributed by atoms with Crippen LogP contribution in [0.2, 0.25) is 0 Å². The highest BCUT2D eigenvalue weighted by atomic mass is 16.3. The molecule has 0 bridgehead atoms. The number of benzene rings is 2. The van der Waals surface area contributed by atoms with E-state index in [1.165, 1.54) is 0 Å². The average molecular weight is 274 g/mol. The van der Waals surface area contributed by atoms with E-state index in [0.717, 1.165) is 16.8 Å². The quantitative estimate of drug-likeness (QED) is 0.727. The van der Waals surface area contributed by atoms with Crippen molar-refractivity contribution in [1.29, 1.82) is 0 Å². The summed E-state index contributed by atoms with van der Waals surface area (Å²) in [6.07, 6.45) is 3.35. The first-order valence-electron chi connectivity index (χ1n) is 6.66. The lowest BCUT2D eigenvalue weighted by Gasteiger charge is -2.04. The molecular formula is C18H14N2O. The van der Waals surface area contributed by atoms with Gasteiger partial charge in [0, 0.05) is 6.20 Å². The molecule has 0 unspecified atom stereocenters. The topological polar surface area (TPSA) is 45.5 Å². The van der Waals surface area contributed by atoms with Crippen LogP contribution in [0.3, 0.4) is 0 Å². The van der Waals surface area contributed by atoms with Crippen LogP contribution in [0.25, 0.3) is 11.1 Å². The van der Waals surface area contributed by atoms with E-state index in [-0.39, 0.29) is 5.75 Å². The number of aromatic hydroxyl groups is 1. The molecule has 1 aromatic heterocycles. The molecule has 1 N–H and O–H groups in total. The maximum atomic E-state index is 9.93. The SMILES string of the molecule is Oc1ccc(-c2ccccc2)cc1N=Cc1ccccn1. The Labute approximate surface area is 123 Å². The van der Waals surface area contributed by atoms with Crippen LogP contribution in [0.1, 0.15) is 5.69 Å². The third-order valence-electron chi connectivity index (χ3n) is 3.11. The number of aromatic nitrogens is 1. The molecule has 0 aliphatic carbocycles. The Bertz CT molecular complexity index is 753. The number of nitrogens with zero attached hydrogens (tertiary/aromatic N) is 2. The van der Waals surface area contributed by atoms with Gasteiger partial charge in [0.25, 0.3) is 0 Å². The number of hydrogen-bond acceptors (Lipinski definition) is 3. The summed E-state index contributed by atoms with van der Waals surface area (Å²) in [7, 11) is 0. The molecule has 0 aliphatic rings. The number of aliphatic imine (C=N–C) groups is 1. The molecular weight excluding hydrogens is 260 g/mol. The zero-order chi connectivity index (χ0) is 14.5. The number of phenols is 1. The van der Waals surface area contributed by atoms with E-state index in [2.05, 4.69) is 9.98 Å². The monoisotopic (exact) mass is 274 g/mol. The van der Waals surface area contributed by atoms with Crippen LogP contribution in [-0.4, -0.2) is 16.3 Å². The summed E-state index contributed by atoms with van der Waals surface area (Å²) in [5, 5.41) is 9.93. The maximum absolute atomic E-state index is 9.93. The van der Waals surface area contributed by atoms with Crippen LogP contribution in [-0.2, 0) is 0 Å². The molecule has 0 aliphatic heterocycles. The molecule has 0 saturated carbocycles. The molecule has 3 heteroatoms. The summed E-state index contributed by atoms with van der Waals surface area (Å²) in [5.74, 6) is 0.155. The zero-order valence-electron chi connectivity index (χ0n) is 11.3. The van der Waals surface area contributed by atoms with E-state index >= 15 is 0 Å². The molecule has 3 nitrogen and oxygen atoms in total. The Kier molecular flexibility index (Phi) is 3.74. The van der Waals surface area contributed by atoms with Gasteiger partial charge in [-0.05, 0) is 35.4 Å². The van der Waals surface area contributed by atoms with Crippen LogP contribution in [0.4, 0.5) is 5.69 Å². The molecule has 3 aromatic rings. The number of hydrogen-bond donors (Lipinski definition) is 1. The first kappa shape index (κ1) is 13.1. The largest absolute Gasteiger partial charge is 0.506 e. The Morgan fingerprint density at radius 1 is 0.857 bits per heavy atom. The molecule has 0 radical (unpaired) electrons. The summed E-state index contributed by atoms with van der Waals surface area (Å²) in [4.78, 5) is 8.50. The van der Waals surface area contributed by atoms with Gasteiger partial charge in [0.1, 0.15) is 11.4 Å². The van der Waals surface area contributed by atoms with E-state index in [9.17, 15) is 5.11 Å². The van der Waals surface area contributed by atoms with Gasteiger partial charge < -0.3 is 5.11 Å². The normalized spacial score (nSPS) is 10.9. The molecule has 0 spiro atoms. The molecule has 0 saturated heterocycles. The van der Waals surface area contributed by atoms with Gasteiger partial charge in [0.2, 0.25) is 0 Å². The van der Waals surface area contributed by atoms with Crippen molar-refractivity contribution < 1.29 is 5.11 Å². The number of pyridine rings is 1. The molecule has 21 heavy (non-hydrogen) atoms. The molecule has 0 fully saturated rings. The second kappa shape index (κ2) is 6.01. The van der Waals surface area contributed by atoms with Gasteiger partial charge >= 0.3 is 0 Å². The Balaban J connectivity index is 1.94. The van der Waals surface area contributed by atoms with Crippen molar-refractivity contribution >= 4 is 11.9 Å². The van der Waals surface area contributed by atoms with Gasteiger partial charge in [-0.1, -0.05) is 42.5 Å². The van der Waals surface area contributed by atoms with Crippen molar-refractivity contribution in [1.82, 2.24) is 4.98 Å². The van der Waals surface area contributed by atoms with E-state index in [4.69, 9.17) is 0 Å². The molecule has 3 rings (SSSR count). The van der Waals surface area contributed by atoms with Crippen molar-refractivity contribution in [3.63, 3.8) is 0 Å². The summed E-state index contributed by atoms with van der Waals surface area (Å²) >= 11 is 0. The molecule has 0 atom stereocenters. The highest BCUT2D eigenvalue weighted by molar-refractivity contribution is 5.81. The first-order valence-corrected chi connectivity index (χ1v) is 6.66. The minimum absolute atomic E-state index is 0.155. The first-order chi connectivity index (χ1) is 10.3. The number of phenolic OH excluding ortho intramolecular Hbond substituents is 1. The third kappa shape index (κ3) is 3.15. The van der Waals surface area contributed by atoms with Crippen molar-refractivity contribution in [2.24, 2.45) is 4.99 Å². The van der Waals surface area contributed by atoms with Gasteiger partial charge in [-0.3, -0.25) is 9.98 Å². The Morgan fingerprint density at radius 2 is 1.67 bits per heavy atom. The predicted octanol–water partition coefficient (Wildman–Crippen LogP) is 4.20. The van der Waals surface area contributed by atoms with E-state index < -0.39 is 0 Å². The predicted molar refractivity (Wildman–Crippen MR) is 85.0 cm³/mol. The lowest BCUT2D eigenvalue weighted by atomic mass is 10.1. The highest BCUT2D eigenvalue weighted by Crippen LogP contribution is 2.31. The minimum Gasteiger partial charge on any atom is -0.506 e. The Morgan fingerprint density at radius 3 is 2.43 bits per heavy atom. The lowest BCUT2D eigenvalue weighted by molar-refractivity contribution is 0.477. The average Bonchev–Trinajstić information content (AvgIpc) is 2.56. The van der Waals surface area contributed by atoms with E-state index in [1.54, 1.807) is 18.5 Å². The third-order valence-corrected chi connectivity index (χ3v) is 3.11. The summed E-state index contributed by atoms with van der Waals surface area (Å²) < 4.78 is 0. The summed E-state index contributed by atoms with van der Waals surface area (Å²) in [5.41, 5.74) is 3.39. The molecule has 0 amide bonds. The fraction of sp³-hybridized carbons (Fsp3) is 0. The smallest absolute Gasteiger partial charge is 0.141 e. The molecule has 1 heterocycles. The minimum atomic E-state index is 0.155. The van der Waals surface area contributed by atoms with Crippen molar-refractivity contribution in [2.75, 3.05) is 0 Å². The number of rotatable bonds is 3. The van der Waals surface area contributed by atoms with Crippen LogP contribution < -0.4 is 0 Å². The zero-order valence-corrected chi connectivity index (χ0v) is 11.3. The van der Waals surface area contributed by atoms with Crippen molar-refractivity contribution in [3.8, 4) is 16.9 Å². The Hall–Kier alpha value is -2.94. The summed E-state index contributed by atoms with van der Waals surface area (Å²) in [6, 6.07) is 21.0. The highest BCUT2D eigenvalue weighted by Gasteiger charge is 2.03. The van der Waals surface area contributed by atoms with Crippen LogP contribution in [0.15, 0.2) is 77.9 Å². The van der Waals surface area contributed by atoms with Gasteiger partial charge in [-0.25, -0.2) is 0 Å². The standard InChI is InChI=1S/C18H14N2O/c21-18-10-9-15(14-6-2-1-3-7-14)12-17(18)20-13-16-8-4-5-11-19-16/h1-13,21H. The van der Waals surface area contributed by atoms with Gasteiger partial charge in [-0.2, -0.15) is 0 Å². The molecule has 2 aromatic carbocycles. The van der Waals surface area contributed by atoms with Crippen LogP contribution >= 0.6 is 0 Å². The fourth-order valence-corrected chi connectivity index (χ4v) is 2.03. The maximum Gasteiger partial charge on any atom is 0.141 e. The molecule has 102 valence electrons. The van der Waals surface area contributed by atoms with Gasteiger partial charge in [0.15, 0.2) is 0 Å². The van der Waals surface area contributed by atoms with E-state index in [0.29, 0.717) is 5.69 Å².